The molecule has 0 spiro atoms. The Balaban J connectivity index is 1.73. The van der Waals surface area contributed by atoms with Gasteiger partial charge in [-0.1, -0.05) is 53.2 Å². The van der Waals surface area contributed by atoms with Crippen molar-refractivity contribution < 1.29 is 18.3 Å². The summed E-state index contributed by atoms with van der Waals surface area (Å²) in [5.74, 6) is -0.694. The number of ketones is 1. The lowest BCUT2D eigenvalue weighted by Gasteiger charge is -2.14. The predicted molar refractivity (Wildman–Crippen MR) is 125 cm³/mol. The maximum atomic E-state index is 13.3. The fourth-order valence-electron chi connectivity index (χ4n) is 3.40. The Labute approximate surface area is 193 Å². The Hall–Kier alpha value is -3.52. The van der Waals surface area contributed by atoms with Crippen molar-refractivity contribution in [2.24, 2.45) is 0 Å². The first-order valence-corrected chi connectivity index (χ1v) is 11.1. The summed E-state index contributed by atoms with van der Waals surface area (Å²) in [6.45, 7) is 0.664. The van der Waals surface area contributed by atoms with Gasteiger partial charge in [-0.25, -0.2) is 4.98 Å². The standard InChI is InChI=1S/C25H20F2N2O3S/c1-15-7-10-17(11-8-15)29-23(31)18-5-3-4-6-20(18)28-25(29)33-14-21(30)19-13-16(2)9-12-22(19)32-24(26)27/h3-13,24H,14H2,1-2H3. The molecule has 1 aromatic heterocycles. The minimum absolute atomic E-state index is 0.0628. The maximum absolute atomic E-state index is 13.3. The quantitative estimate of drug-likeness (QED) is 0.202. The number of rotatable bonds is 7. The summed E-state index contributed by atoms with van der Waals surface area (Å²) in [4.78, 5) is 30.9. The molecule has 0 N–H and O–H groups in total. The lowest BCUT2D eigenvalue weighted by Crippen LogP contribution is -2.22. The molecule has 0 radical (unpaired) electrons. The van der Waals surface area contributed by atoms with E-state index < -0.39 is 12.4 Å². The van der Waals surface area contributed by atoms with Crippen LogP contribution in [0.25, 0.3) is 16.6 Å². The first-order chi connectivity index (χ1) is 15.8. The molecule has 0 saturated heterocycles. The molecule has 0 bridgehead atoms. The van der Waals surface area contributed by atoms with Crippen LogP contribution >= 0.6 is 11.8 Å². The molecule has 0 saturated carbocycles. The average molecular weight is 467 g/mol. The second kappa shape index (κ2) is 9.54. The van der Waals surface area contributed by atoms with Crippen molar-refractivity contribution in [3.05, 3.63) is 93.8 Å². The normalized spacial score (nSPS) is 11.2. The van der Waals surface area contributed by atoms with Crippen LogP contribution in [-0.4, -0.2) is 27.7 Å². The first kappa shape index (κ1) is 22.7. The zero-order valence-electron chi connectivity index (χ0n) is 17.9. The number of fused-ring (bicyclic) bond motifs is 1. The number of hydrogen-bond acceptors (Lipinski definition) is 5. The molecule has 0 atom stereocenters. The number of Topliss-reactive ketones (excluding diaryl/α,β-unsaturated/α-hetero) is 1. The van der Waals surface area contributed by atoms with Crippen molar-refractivity contribution in [1.82, 2.24) is 9.55 Å². The van der Waals surface area contributed by atoms with Gasteiger partial charge in [0, 0.05) is 0 Å². The lowest BCUT2D eigenvalue weighted by atomic mass is 10.1. The van der Waals surface area contributed by atoms with Crippen molar-refractivity contribution in [3.63, 3.8) is 0 Å². The van der Waals surface area contributed by atoms with Crippen molar-refractivity contribution in [3.8, 4) is 11.4 Å². The number of halogens is 2. The summed E-state index contributed by atoms with van der Waals surface area (Å²) in [6, 6.07) is 18.9. The minimum atomic E-state index is -3.04. The van der Waals surface area contributed by atoms with E-state index in [1.54, 1.807) is 37.3 Å². The number of aromatic nitrogens is 2. The minimum Gasteiger partial charge on any atom is -0.434 e. The molecule has 0 amide bonds. The summed E-state index contributed by atoms with van der Waals surface area (Å²) in [5.41, 5.74) is 2.72. The van der Waals surface area contributed by atoms with Gasteiger partial charge in [0.25, 0.3) is 5.56 Å². The largest absolute Gasteiger partial charge is 0.434 e. The number of nitrogens with zero attached hydrogens (tertiary/aromatic N) is 2. The highest BCUT2D eigenvalue weighted by Gasteiger charge is 2.19. The number of carbonyl (C=O) groups excluding carboxylic acids is 1. The Kier molecular flexibility index (Phi) is 6.55. The van der Waals surface area contributed by atoms with Crippen LogP contribution < -0.4 is 10.3 Å². The van der Waals surface area contributed by atoms with E-state index >= 15 is 0 Å². The summed E-state index contributed by atoms with van der Waals surface area (Å²) in [5, 5.41) is 0.792. The van der Waals surface area contributed by atoms with Gasteiger partial charge in [0.15, 0.2) is 10.9 Å². The molecule has 0 unspecified atom stereocenters. The number of alkyl halides is 2. The van der Waals surface area contributed by atoms with Crippen molar-refractivity contribution in [2.75, 3.05) is 5.75 Å². The monoisotopic (exact) mass is 466 g/mol. The number of hydrogen-bond donors (Lipinski definition) is 0. The molecule has 1 heterocycles. The van der Waals surface area contributed by atoms with Crippen LogP contribution in [-0.2, 0) is 0 Å². The molecule has 5 nitrogen and oxygen atoms in total. The Morgan fingerprint density at radius 1 is 1.03 bits per heavy atom. The molecule has 0 aliphatic carbocycles. The molecule has 168 valence electrons. The second-order valence-corrected chi connectivity index (χ2v) is 8.42. The highest BCUT2D eigenvalue weighted by molar-refractivity contribution is 7.99. The van der Waals surface area contributed by atoms with Gasteiger partial charge in [0.1, 0.15) is 5.75 Å². The van der Waals surface area contributed by atoms with Crippen LogP contribution in [0.4, 0.5) is 8.78 Å². The van der Waals surface area contributed by atoms with Gasteiger partial charge < -0.3 is 4.74 Å². The first-order valence-electron chi connectivity index (χ1n) is 10.1. The highest BCUT2D eigenvalue weighted by Crippen LogP contribution is 2.27. The topological polar surface area (TPSA) is 61.2 Å². The van der Waals surface area contributed by atoms with E-state index in [1.165, 1.54) is 16.7 Å². The molecule has 4 rings (SSSR count). The van der Waals surface area contributed by atoms with Gasteiger partial charge in [-0.15, -0.1) is 0 Å². The third kappa shape index (κ3) is 4.96. The van der Waals surface area contributed by atoms with Crippen LogP contribution in [0.3, 0.4) is 0 Å². The van der Waals surface area contributed by atoms with Crippen LogP contribution in [0.15, 0.2) is 76.7 Å². The zero-order chi connectivity index (χ0) is 23.5. The van der Waals surface area contributed by atoms with E-state index in [9.17, 15) is 18.4 Å². The zero-order valence-corrected chi connectivity index (χ0v) is 18.7. The van der Waals surface area contributed by atoms with Gasteiger partial charge in [0.2, 0.25) is 0 Å². The average Bonchev–Trinajstić information content (AvgIpc) is 2.79. The van der Waals surface area contributed by atoms with Crippen LogP contribution in [0.5, 0.6) is 5.75 Å². The van der Waals surface area contributed by atoms with Gasteiger partial charge in [-0.3, -0.25) is 14.2 Å². The number of benzene rings is 3. The smallest absolute Gasteiger partial charge is 0.387 e. The number of thioether (sulfide) groups is 1. The van der Waals surface area contributed by atoms with Gasteiger partial charge in [-0.05, 0) is 50.2 Å². The SMILES string of the molecule is Cc1ccc(-n2c(SCC(=O)c3cc(C)ccc3OC(F)F)nc3ccccc3c2=O)cc1. The summed E-state index contributed by atoms with van der Waals surface area (Å²) in [7, 11) is 0. The van der Waals surface area contributed by atoms with Crippen LogP contribution in [0.2, 0.25) is 0 Å². The number of ether oxygens (including phenoxy) is 1. The Morgan fingerprint density at radius 2 is 1.73 bits per heavy atom. The van der Waals surface area contributed by atoms with E-state index in [0.29, 0.717) is 21.7 Å². The molecule has 8 heteroatoms. The molecule has 4 aromatic rings. The molecule has 0 aliphatic rings. The lowest BCUT2D eigenvalue weighted by molar-refractivity contribution is -0.0501. The Bertz CT molecular complexity index is 1390. The molecular formula is C25H20F2N2O3S. The van der Waals surface area contributed by atoms with Crippen LogP contribution in [0.1, 0.15) is 21.5 Å². The fraction of sp³-hybridized carbons (Fsp3) is 0.160. The maximum Gasteiger partial charge on any atom is 0.387 e. The van der Waals surface area contributed by atoms with Crippen molar-refractivity contribution in [2.45, 2.75) is 25.6 Å². The summed E-state index contributed by atoms with van der Waals surface area (Å²) >= 11 is 1.07. The van der Waals surface area contributed by atoms with E-state index in [-0.39, 0.29) is 22.6 Å². The fourth-order valence-corrected chi connectivity index (χ4v) is 4.30. The highest BCUT2D eigenvalue weighted by atomic mass is 32.2. The number of aryl methyl sites for hydroxylation is 2. The van der Waals surface area contributed by atoms with E-state index in [1.807, 2.05) is 31.2 Å². The van der Waals surface area contributed by atoms with Crippen LogP contribution in [0, 0.1) is 13.8 Å². The van der Waals surface area contributed by atoms with Gasteiger partial charge >= 0.3 is 6.61 Å². The Morgan fingerprint density at radius 3 is 2.45 bits per heavy atom. The molecular weight excluding hydrogens is 446 g/mol. The molecule has 3 aromatic carbocycles. The summed E-state index contributed by atoms with van der Waals surface area (Å²) in [6.07, 6.45) is 0. The predicted octanol–water partition coefficient (Wildman–Crippen LogP) is 5.58. The van der Waals surface area contributed by atoms with E-state index in [2.05, 4.69) is 9.72 Å². The molecule has 0 fully saturated rings. The third-order valence-corrected chi connectivity index (χ3v) is 5.96. The molecule has 0 aliphatic heterocycles. The van der Waals surface area contributed by atoms with Gasteiger partial charge in [0.05, 0.1) is 27.9 Å². The van der Waals surface area contributed by atoms with Crippen molar-refractivity contribution in [1.29, 1.82) is 0 Å². The third-order valence-electron chi connectivity index (χ3n) is 5.02. The summed E-state index contributed by atoms with van der Waals surface area (Å²) < 4.78 is 31.6. The molecule has 33 heavy (non-hydrogen) atoms. The van der Waals surface area contributed by atoms with E-state index in [4.69, 9.17) is 0 Å². The van der Waals surface area contributed by atoms with E-state index in [0.717, 1.165) is 22.9 Å². The van der Waals surface area contributed by atoms with Gasteiger partial charge in [-0.2, -0.15) is 8.78 Å². The number of para-hydroxylation sites is 1. The number of carbonyl (C=O) groups is 1. The second-order valence-electron chi connectivity index (χ2n) is 7.48. The van der Waals surface area contributed by atoms with Crippen molar-refractivity contribution >= 4 is 28.4 Å².